The van der Waals surface area contributed by atoms with Crippen LogP contribution in [0.4, 0.5) is 4.79 Å². The van der Waals surface area contributed by atoms with Crippen LogP contribution < -0.4 is 5.32 Å². The van der Waals surface area contributed by atoms with Crippen LogP contribution in [0.15, 0.2) is 0 Å². The fraction of sp³-hybridized carbons (Fsp3) is 0.842. The monoisotopic (exact) mass is 323 g/mol. The van der Waals surface area contributed by atoms with Gasteiger partial charge in [0.1, 0.15) is 11.7 Å². The second-order valence-electron chi connectivity index (χ2n) is 7.88. The predicted molar refractivity (Wildman–Crippen MR) is 93.0 cm³/mol. The van der Waals surface area contributed by atoms with Crippen molar-refractivity contribution in [1.82, 2.24) is 5.32 Å². The van der Waals surface area contributed by atoms with Crippen LogP contribution in [0.2, 0.25) is 0 Å². The molecule has 0 unspecified atom stereocenters. The Morgan fingerprint density at radius 1 is 1.22 bits per heavy atom. The molecule has 0 aromatic rings. The van der Waals surface area contributed by atoms with E-state index >= 15 is 0 Å². The average molecular weight is 323 g/mol. The average Bonchev–Trinajstić information content (AvgIpc) is 2.43. The van der Waals surface area contributed by atoms with Crippen LogP contribution in [0.25, 0.3) is 0 Å². The Kier molecular flexibility index (Phi) is 7.91. The van der Waals surface area contributed by atoms with Gasteiger partial charge in [0.25, 0.3) is 0 Å². The Morgan fingerprint density at radius 2 is 1.83 bits per heavy atom. The van der Waals surface area contributed by atoms with Crippen molar-refractivity contribution in [3.05, 3.63) is 0 Å². The summed E-state index contributed by atoms with van der Waals surface area (Å²) < 4.78 is 5.32. The van der Waals surface area contributed by atoms with Crippen molar-refractivity contribution < 1.29 is 14.6 Å². The van der Waals surface area contributed by atoms with Gasteiger partial charge in [-0.3, -0.25) is 0 Å². The van der Waals surface area contributed by atoms with E-state index in [1.807, 2.05) is 34.6 Å². The molecule has 0 heterocycles. The maximum atomic E-state index is 12.1. The van der Waals surface area contributed by atoms with Crippen molar-refractivity contribution >= 4 is 6.09 Å². The van der Waals surface area contributed by atoms with Crippen LogP contribution in [0.1, 0.15) is 73.1 Å². The highest BCUT2D eigenvalue weighted by molar-refractivity contribution is 5.68. The summed E-state index contributed by atoms with van der Waals surface area (Å²) in [6.45, 7) is 9.46. The van der Waals surface area contributed by atoms with Gasteiger partial charge in [-0.1, -0.05) is 57.8 Å². The fourth-order valence-electron chi connectivity index (χ4n) is 2.86. The quantitative estimate of drug-likeness (QED) is 0.772. The molecule has 0 spiro atoms. The van der Waals surface area contributed by atoms with Crippen LogP contribution in [0.5, 0.6) is 0 Å². The first-order chi connectivity index (χ1) is 10.7. The number of hydrogen-bond donors (Lipinski definition) is 2. The number of alkyl carbamates (subject to hydrolysis) is 1. The van der Waals surface area contributed by atoms with Gasteiger partial charge in [0.15, 0.2) is 0 Å². The molecule has 2 atom stereocenters. The molecule has 2 N–H and O–H groups in total. The normalized spacial score (nSPS) is 18.7. The highest BCUT2D eigenvalue weighted by Crippen LogP contribution is 2.28. The van der Waals surface area contributed by atoms with E-state index < -0.39 is 17.8 Å². The lowest BCUT2D eigenvalue weighted by molar-refractivity contribution is 0.0439. The number of hydrogen-bond acceptors (Lipinski definition) is 3. The molecule has 0 aromatic heterocycles. The minimum atomic E-state index is -0.855. The van der Waals surface area contributed by atoms with Crippen molar-refractivity contribution in [2.75, 3.05) is 0 Å². The summed E-state index contributed by atoms with van der Waals surface area (Å²) in [5, 5.41) is 13.2. The van der Waals surface area contributed by atoms with Gasteiger partial charge in [-0.25, -0.2) is 4.79 Å². The van der Waals surface area contributed by atoms with Gasteiger partial charge in [0.05, 0.1) is 6.04 Å². The molecule has 1 rings (SSSR count). The summed E-state index contributed by atoms with van der Waals surface area (Å²) in [5.74, 6) is 6.60. The highest BCUT2D eigenvalue weighted by atomic mass is 16.6. The summed E-state index contributed by atoms with van der Waals surface area (Å²) in [4.78, 5) is 12.1. The fourth-order valence-corrected chi connectivity index (χ4v) is 2.86. The molecule has 1 aliphatic carbocycles. The maximum absolute atomic E-state index is 12.1. The van der Waals surface area contributed by atoms with Crippen LogP contribution in [0, 0.1) is 23.7 Å². The van der Waals surface area contributed by atoms with Crippen LogP contribution >= 0.6 is 0 Å². The summed E-state index contributed by atoms with van der Waals surface area (Å²) in [6.07, 6.45) is 5.50. The van der Waals surface area contributed by atoms with E-state index in [9.17, 15) is 9.90 Å². The largest absolute Gasteiger partial charge is 0.444 e. The van der Waals surface area contributed by atoms with Crippen LogP contribution in [0.3, 0.4) is 0 Å². The summed E-state index contributed by atoms with van der Waals surface area (Å²) in [6, 6.07) is -0.376. The second kappa shape index (κ2) is 9.17. The minimum Gasteiger partial charge on any atom is -0.444 e. The van der Waals surface area contributed by atoms with Gasteiger partial charge in [-0.05, 0) is 33.1 Å². The Labute approximate surface area is 141 Å². The number of nitrogens with one attached hydrogen (secondary N) is 1. The van der Waals surface area contributed by atoms with Gasteiger partial charge < -0.3 is 15.2 Å². The predicted octanol–water partition coefficient (Wildman–Crippen LogP) is 3.87. The standard InChI is InChI=1S/C19H33NO3/c1-14(2)11-12-17(21)16(13-15-9-7-6-8-10-15)20-18(22)23-19(3,4)5/h14-17,21H,6-10,13H2,1-5H3,(H,20,22)/t16-,17+/m0/s1. The topological polar surface area (TPSA) is 58.6 Å². The molecule has 132 valence electrons. The molecule has 0 aromatic carbocycles. The van der Waals surface area contributed by atoms with Gasteiger partial charge in [0.2, 0.25) is 0 Å². The second-order valence-corrected chi connectivity index (χ2v) is 7.88. The number of aliphatic hydroxyl groups is 1. The first-order valence-corrected chi connectivity index (χ1v) is 8.86. The molecule has 4 nitrogen and oxygen atoms in total. The maximum Gasteiger partial charge on any atom is 0.407 e. The Hall–Kier alpha value is -1.21. The molecule has 0 aliphatic heterocycles. The third-order valence-corrected chi connectivity index (χ3v) is 3.92. The number of amides is 1. The molecule has 1 amide bonds. The lowest BCUT2D eigenvalue weighted by Gasteiger charge is -2.29. The number of ether oxygens (including phenoxy) is 1. The van der Waals surface area contributed by atoms with Crippen molar-refractivity contribution in [2.24, 2.45) is 11.8 Å². The summed E-state index contributed by atoms with van der Waals surface area (Å²) in [5.41, 5.74) is -0.548. The number of aliphatic hydroxyl groups excluding tert-OH is 1. The van der Waals surface area contributed by atoms with E-state index in [2.05, 4.69) is 17.2 Å². The van der Waals surface area contributed by atoms with Gasteiger partial charge in [-0.2, -0.15) is 0 Å². The van der Waals surface area contributed by atoms with Gasteiger partial charge >= 0.3 is 6.09 Å². The van der Waals surface area contributed by atoms with Crippen LogP contribution in [-0.2, 0) is 4.74 Å². The lowest BCUT2D eigenvalue weighted by Crippen LogP contribution is -2.46. The van der Waals surface area contributed by atoms with E-state index in [1.165, 1.54) is 19.3 Å². The molecule has 1 saturated carbocycles. The van der Waals surface area contributed by atoms with Gasteiger partial charge in [-0.15, -0.1) is 0 Å². The zero-order valence-electron chi connectivity index (χ0n) is 15.3. The lowest BCUT2D eigenvalue weighted by atomic mass is 9.83. The third kappa shape index (κ3) is 8.86. The molecule has 1 aliphatic rings. The van der Waals surface area contributed by atoms with Crippen molar-refractivity contribution in [1.29, 1.82) is 0 Å². The SMILES string of the molecule is CC(C)C#C[C@@H](O)[C@H](CC1CCCCC1)NC(=O)OC(C)(C)C. The smallest absolute Gasteiger partial charge is 0.407 e. The van der Waals surface area contributed by atoms with E-state index in [0.29, 0.717) is 5.92 Å². The van der Waals surface area contributed by atoms with E-state index in [0.717, 1.165) is 19.3 Å². The molecular formula is C19H33NO3. The van der Waals surface area contributed by atoms with Crippen molar-refractivity contribution in [2.45, 2.75) is 90.9 Å². The first-order valence-electron chi connectivity index (χ1n) is 8.86. The van der Waals surface area contributed by atoms with Crippen LogP contribution in [-0.4, -0.2) is 28.9 Å². The Morgan fingerprint density at radius 3 is 2.35 bits per heavy atom. The highest BCUT2D eigenvalue weighted by Gasteiger charge is 2.27. The Balaban J connectivity index is 2.70. The molecule has 1 fully saturated rings. The zero-order chi connectivity index (χ0) is 17.5. The van der Waals surface area contributed by atoms with E-state index in [4.69, 9.17) is 4.74 Å². The van der Waals surface area contributed by atoms with E-state index in [1.54, 1.807) is 0 Å². The molecule has 0 saturated heterocycles. The first kappa shape index (κ1) is 19.8. The minimum absolute atomic E-state index is 0.196. The van der Waals surface area contributed by atoms with E-state index in [-0.39, 0.29) is 12.0 Å². The number of carbonyl (C=O) groups is 1. The zero-order valence-corrected chi connectivity index (χ0v) is 15.3. The number of rotatable bonds is 4. The molecule has 0 bridgehead atoms. The molecule has 23 heavy (non-hydrogen) atoms. The summed E-state index contributed by atoms with van der Waals surface area (Å²) >= 11 is 0. The molecular weight excluding hydrogens is 290 g/mol. The Bertz CT molecular complexity index is 422. The number of carbonyl (C=O) groups excluding carboxylic acids is 1. The van der Waals surface area contributed by atoms with Crippen molar-refractivity contribution in [3.8, 4) is 11.8 Å². The summed E-state index contributed by atoms with van der Waals surface area (Å²) in [7, 11) is 0. The third-order valence-electron chi connectivity index (χ3n) is 3.92. The molecule has 0 radical (unpaired) electrons. The van der Waals surface area contributed by atoms with Crippen molar-refractivity contribution in [3.63, 3.8) is 0 Å². The van der Waals surface area contributed by atoms with Gasteiger partial charge in [0, 0.05) is 5.92 Å². The molecule has 4 heteroatoms.